The Morgan fingerprint density at radius 3 is 2.46 bits per heavy atom. The van der Waals surface area contributed by atoms with E-state index in [-0.39, 0.29) is 19.0 Å². The summed E-state index contributed by atoms with van der Waals surface area (Å²) in [5, 5.41) is 2.86. The normalized spacial score (nSPS) is 15.0. The van der Waals surface area contributed by atoms with E-state index in [1.54, 1.807) is 0 Å². The number of nitrogens with two attached hydrogens (primary N) is 1. The highest BCUT2D eigenvalue weighted by Gasteiger charge is 2.18. The molecule has 0 unspecified atom stereocenters. The summed E-state index contributed by atoms with van der Waals surface area (Å²) < 4.78 is 5.39. The van der Waals surface area contributed by atoms with Crippen LogP contribution in [0.4, 0.5) is 5.69 Å². The molecule has 1 aliphatic rings. The fraction of sp³-hybridized carbons (Fsp3) is 0.600. The molecule has 144 valence electrons. The van der Waals surface area contributed by atoms with Crippen molar-refractivity contribution < 1.29 is 14.3 Å². The van der Waals surface area contributed by atoms with Crippen LogP contribution in [0.3, 0.4) is 0 Å². The summed E-state index contributed by atoms with van der Waals surface area (Å²) in [5.74, 6) is 0.934. The van der Waals surface area contributed by atoms with Crippen molar-refractivity contribution in [3.63, 3.8) is 0 Å². The van der Waals surface area contributed by atoms with Crippen molar-refractivity contribution in [1.82, 2.24) is 4.90 Å². The van der Waals surface area contributed by atoms with Gasteiger partial charge >= 0.3 is 0 Å². The van der Waals surface area contributed by atoms with E-state index in [0.29, 0.717) is 18.2 Å². The molecule has 0 heterocycles. The third kappa shape index (κ3) is 7.44. The number of rotatable bonds is 10. The van der Waals surface area contributed by atoms with Crippen molar-refractivity contribution in [2.24, 2.45) is 11.7 Å². The Morgan fingerprint density at radius 2 is 1.85 bits per heavy atom. The van der Waals surface area contributed by atoms with Crippen molar-refractivity contribution >= 4 is 17.5 Å². The maximum Gasteiger partial charge on any atom is 0.238 e. The minimum atomic E-state index is -0.400. The number of carbonyl (C=O) groups excluding carboxylic acids is 2. The molecule has 0 atom stereocenters. The minimum Gasteiger partial charge on any atom is -0.494 e. The van der Waals surface area contributed by atoms with Crippen LogP contribution in [0.1, 0.15) is 45.4 Å². The van der Waals surface area contributed by atoms with Gasteiger partial charge in [0.25, 0.3) is 0 Å². The lowest BCUT2D eigenvalue weighted by molar-refractivity contribution is -0.121. The number of hydrogen-bond donors (Lipinski definition) is 2. The van der Waals surface area contributed by atoms with Gasteiger partial charge in [0.05, 0.1) is 19.7 Å². The van der Waals surface area contributed by atoms with Gasteiger partial charge in [0.2, 0.25) is 11.8 Å². The first kappa shape index (κ1) is 20.2. The molecule has 2 amide bonds. The van der Waals surface area contributed by atoms with Crippen LogP contribution in [0, 0.1) is 5.92 Å². The molecular formula is C20H31N3O3. The largest absolute Gasteiger partial charge is 0.494 e. The molecule has 0 aliphatic heterocycles. The van der Waals surface area contributed by atoms with Gasteiger partial charge in [-0.15, -0.1) is 0 Å². The quantitative estimate of drug-likeness (QED) is 0.671. The van der Waals surface area contributed by atoms with Gasteiger partial charge in [-0.1, -0.05) is 32.1 Å². The van der Waals surface area contributed by atoms with Crippen molar-refractivity contribution in [1.29, 1.82) is 0 Å². The smallest absolute Gasteiger partial charge is 0.238 e. The van der Waals surface area contributed by atoms with Crippen molar-refractivity contribution in [2.45, 2.75) is 45.4 Å². The summed E-state index contributed by atoms with van der Waals surface area (Å²) in [5.41, 5.74) is 6.06. The number of anilines is 1. The zero-order valence-electron chi connectivity index (χ0n) is 15.7. The van der Waals surface area contributed by atoms with E-state index < -0.39 is 5.91 Å². The lowest BCUT2D eigenvalue weighted by Gasteiger charge is -2.26. The zero-order chi connectivity index (χ0) is 18.8. The maximum absolute atomic E-state index is 12.3. The van der Waals surface area contributed by atoms with Crippen LogP contribution in [-0.4, -0.2) is 43.0 Å². The topological polar surface area (TPSA) is 84.7 Å². The van der Waals surface area contributed by atoms with Crippen LogP contribution in [0.25, 0.3) is 0 Å². The Balaban J connectivity index is 1.83. The SMILES string of the molecule is CCOc1ccc(NC(=O)CN(CCC2CCCCC2)CC(N)=O)cc1. The van der Waals surface area contributed by atoms with Gasteiger partial charge in [0.15, 0.2) is 0 Å². The highest BCUT2D eigenvalue weighted by Crippen LogP contribution is 2.26. The number of hydrogen-bond acceptors (Lipinski definition) is 4. The first-order valence-electron chi connectivity index (χ1n) is 9.60. The molecule has 0 radical (unpaired) electrons. The van der Waals surface area contributed by atoms with E-state index in [2.05, 4.69) is 5.32 Å². The van der Waals surface area contributed by atoms with E-state index >= 15 is 0 Å². The molecule has 1 saturated carbocycles. The van der Waals surface area contributed by atoms with Crippen LogP contribution in [0.15, 0.2) is 24.3 Å². The summed E-state index contributed by atoms with van der Waals surface area (Å²) in [4.78, 5) is 25.5. The van der Waals surface area contributed by atoms with Gasteiger partial charge in [0.1, 0.15) is 5.75 Å². The molecule has 0 bridgehead atoms. The molecule has 0 aromatic heterocycles. The summed E-state index contributed by atoms with van der Waals surface area (Å²) in [6.45, 7) is 3.54. The fourth-order valence-corrected chi connectivity index (χ4v) is 3.48. The summed E-state index contributed by atoms with van der Waals surface area (Å²) in [6, 6.07) is 7.26. The Kier molecular flexibility index (Phi) is 8.41. The van der Waals surface area contributed by atoms with Gasteiger partial charge < -0.3 is 15.8 Å². The highest BCUT2D eigenvalue weighted by molar-refractivity contribution is 5.92. The molecule has 6 heteroatoms. The summed E-state index contributed by atoms with van der Waals surface area (Å²) >= 11 is 0. The van der Waals surface area contributed by atoms with Crippen LogP contribution >= 0.6 is 0 Å². The summed E-state index contributed by atoms with van der Waals surface area (Å²) in [6.07, 6.45) is 7.43. The lowest BCUT2D eigenvalue weighted by atomic mass is 9.87. The van der Waals surface area contributed by atoms with Crippen molar-refractivity contribution in [3.05, 3.63) is 24.3 Å². The third-order valence-electron chi connectivity index (χ3n) is 4.77. The number of primary amides is 1. The second-order valence-electron chi connectivity index (χ2n) is 6.98. The Bertz CT molecular complexity index is 568. The molecule has 1 fully saturated rings. The molecule has 2 rings (SSSR count). The second kappa shape index (κ2) is 10.8. The molecule has 1 aliphatic carbocycles. The second-order valence-corrected chi connectivity index (χ2v) is 6.98. The molecule has 0 spiro atoms. The molecule has 1 aromatic carbocycles. The number of ether oxygens (including phenoxy) is 1. The lowest BCUT2D eigenvalue weighted by Crippen LogP contribution is -2.40. The standard InChI is InChI=1S/C20H31N3O3/c1-2-26-18-10-8-17(9-11-18)22-20(25)15-23(14-19(21)24)13-12-16-6-4-3-5-7-16/h8-11,16H,2-7,12-15H2,1H3,(H2,21,24)(H,22,25). The van der Waals surface area contributed by atoms with Crippen LogP contribution in [0.2, 0.25) is 0 Å². The third-order valence-corrected chi connectivity index (χ3v) is 4.77. The van der Waals surface area contributed by atoms with Gasteiger partial charge in [-0.2, -0.15) is 0 Å². The van der Waals surface area contributed by atoms with E-state index in [1.165, 1.54) is 32.1 Å². The highest BCUT2D eigenvalue weighted by atomic mass is 16.5. The number of carbonyl (C=O) groups is 2. The Labute approximate surface area is 156 Å². The predicted molar refractivity (Wildman–Crippen MR) is 103 cm³/mol. The van der Waals surface area contributed by atoms with Crippen LogP contribution in [0.5, 0.6) is 5.75 Å². The van der Waals surface area contributed by atoms with Crippen molar-refractivity contribution in [2.75, 3.05) is 31.6 Å². The Hall–Kier alpha value is -2.08. The van der Waals surface area contributed by atoms with Gasteiger partial charge in [0, 0.05) is 5.69 Å². The molecule has 1 aromatic rings. The minimum absolute atomic E-state index is 0.115. The number of amides is 2. The van der Waals surface area contributed by atoms with E-state index in [1.807, 2.05) is 36.1 Å². The van der Waals surface area contributed by atoms with E-state index in [9.17, 15) is 9.59 Å². The predicted octanol–water partition coefficient (Wildman–Crippen LogP) is 2.78. The molecule has 3 N–H and O–H groups in total. The molecule has 0 saturated heterocycles. The van der Waals surface area contributed by atoms with Gasteiger partial charge in [-0.05, 0) is 50.1 Å². The molecule has 26 heavy (non-hydrogen) atoms. The van der Waals surface area contributed by atoms with Crippen LogP contribution in [-0.2, 0) is 9.59 Å². The zero-order valence-corrected chi connectivity index (χ0v) is 15.7. The first-order valence-corrected chi connectivity index (χ1v) is 9.60. The molecule has 6 nitrogen and oxygen atoms in total. The van der Waals surface area contributed by atoms with E-state index in [0.717, 1.165) is 18.7 Å². The number of nitrogens with one attached hydrogen (secondary N) is 1. The van der Waals surface area contributed by atoms with Gasteiger partial charge in [-0.3, -0.25) is 14.5 Å². The van der Waals surface area contributed by atoms with Gasteiger partial charge in [-0.25, -0.2) is 0 Å². The average molecular weight is 361 g/mol. The average Bonchev–Trinajstić information content (AvgIpc) is 2.62. The number of nitrogens with zero attached hydrogens (tertiary/aromatic N) is 1. The summed E-state index contributed by atoms with van der Waals surface area (Å²) in [7, 11) is 0. The Morgan fingerprint density at radius 1 is 1.15 bits per heavy atom. The maximum atomic E-state index is 12.3. The first-order chi connectivity index (χ1) is 12.6. The number of benzene rings is 1. The molecular weight excluding hydrogens is 330 g/mol. The van der Waals surface area contributed by atoms with E-state index in [4.69, 9.17) is 10.5 Å². The van der Waals surface area contributed by atoms with Crippen molar-refractivity contribution in [3.8, 4) is 5.75 Å². The fourth-order valence-electron chi connectivity index (χ4n) is 3.48. The monoisotopic (exact) mass is 361 g/mol. The van der Waals surface area contributed by atoms with Crippen LogP contribution < -0.4 is 15.8 Å².